The Kier molecular flexibility index (Phi) is 4.66. The number of hydrogen-bond donors (Lipinski definition) is 4. The van der Waals surface area contributed by atoms with Gasteiger partial charge in [0.05, 0.1) is 18.4 Å². The van der Waals surface area contributed by atoms with E-state index in [0.29, 0.717) is 12.8 Å². The Morgan fingerprint density at radius 3 is 2.59 bits per heavy atom. The lowest BCUT2D eigenvalue weighted by molar-refractivity contribution is -0.198. The average molecular weight is 410 g/mol. The molecule has 3 fully saturated rings. The first-order valence-corrected chi connectivity index (χ1v) is 10.1. The van der Waals surface area contributed by atoms with Crippen molar-refractivity contribution in [1.29, 1.82) is 0 Å². The minimum absolute atomic E-state index is 0.0702. The van der Waals surface area contributed by atoms with Crippen LogP contribution < -0.4 is 0 Å². The first-order chi connectivity index (χ1) is 13.7. The number of hydrogen-bond acceptors (Lipinski definition) is 6. The molecular formula is C21H28F2N2O4. The van der Waals surface area contributed by atoms with Gasteiger partial charge in [0.15, 0.2) is 5.67 Å². The zero-order valence-electron chi connectivity index (χ0n) is 16.6. The van der Waals surface area contributed by atoms with Gasteiger partial charge in [-0.1, -0.05) is 23.3 Å². The molecule has 3 saturated carbocycles. The number of oxime groups is 2. The highest BCUT2D eigenvalue weighted by Crippen LogP contribution is 2.69. The van der Waals surface area contributed by atoms with Crippen molar-refractivity contribution in [2.45, 2.75) is 57.5 Å². The van der Waals surface area contributed by atoms with Gasteiger partial charge in [-0.2, -0.15) is 0 Å². The average Bonchev–Trinajstić information content (AvgIpc) is 3.02. The normalized spacial score (nSPS) is 50.7. The van der Waals surface area contributed by atoms with Crippen LogP contribution in [-0.2, 0) is 0 Å². The van der Waals surface area contributed by atoms with Crippen LogP contribution in [0.1, 0.15) is 39.5 Å². The highest BCUT2D eigenvalue weighted by molar-refractivity contribution is 6.05. The van der Waals surface area contributed by atoms with Crippen molar-refractivity contribution >= 4 is 11.4 Å². The summed E-state index contributed by atoms with van der Waals surface area (Å²) in [4.78, 5) is 0. The first kappa shape index (κ1) is 20.5. The Bertz CT molecular complexity index is 827. The van der Waals surface area contributed by atoms with Crippen molar-refractivity contribution in [3.63, 3.8) is 0 Å². The molecule has 6 nitrogen and oxygen atoms in total. The number of aliphatic hydroxyl groups is 2. The summed E-state index contributed by atoms with van der Waals surface area (Å²) in [6.45, 7) is 3.12. The van der Waals surface area contributed by atoms with E-state index in [-0.39, 0.29) is 41.7 Å². The molecular weight excluding hydrogens is 382 g/mol. The summed E-state index contributed by atoms with van der Waals surface area (Å²) in [6.07, 6.45) is 2.83. The number of aliphatic hydroxyl groups excluding tert-OH is 2. The standard InChI is InChI=1S/C21H28F2N2O4/c1-19-9-18(27)21(23)14(12(19)3-4-13(19)17(10-26)25-29)8-16(22)15-7-11(24-28)5-6-20(15,21)2/h5-7,12-14,16,18,26-29H,3-4,8-10H2,1-2H3/b24-11+,25-17+/t12-,13+,14-,16-,18-,19-,20-,21-/m0/s1. The minimum atomic E-state index is -2.08. The summed E-state index contributed by atoms with van der Waals surface area (Å²) in [5.74, 6) is -1.24. The van der Waals surface area contributed by atoms with Gasteiger partial charge in [-0.15, -0.1) is 0 Å². The molecule has 0 aromatic heterocycles. The fourth-order valence-corrected chi connectivity index (χ4v) is 7.03. The van der Waals surface area contributed by atoms with E-state index in [9.17, 15) is 15.4 Å². The molecule has 0 unspecified atom stereocenters. The Hall–Kier alpha value is -1.80. The SMILES string of the molecule is C[C@]12C[C@H](O)[C@@]3(F)[C@@H](C[C@H](F)C4=C/C(=N/O)C=C[C@@]43C)[C@@H]1CC[C@@H]2/C(CO)=N/O. The van der Waals surface area contributed by atoms with Gasteiger partial charge in [0.2, 0.25) is 0 Å². The van der Waals surface area contributed by atoms with E-state index in [1.54, 1.807) is 6.92 Å². The summed E-state index contributed by atoms with van der Waals surface area (Å²) in [6, 6.07) is 0. The predicted octanol–water partition coefficient (Wildman–Crippen LogP) is 3.01. The molecule has 8 atom stereocenters. The van der Waals surface area contributed by atoms with Gasteiger partial charge in [-0.3, -0.25) is 0 Å². The van der Waals surface area contributed by atoms with Gasteiger partial charge in [0, 0.05) is 17.3 Å². The fraction of sp³-hybridized carbons (Fsp3) is 0.714. The molecule has 0 aromatic rings. The molecule has 0 bridgehead atoms. The second-order valence-corrected chi connectivity index (χ2v) is 9.45. The second kappa shape index (κ2) is 6.60. The maximum absolute atomic E-state index is 16.9. The van der Waals surface area contributed by atoms with Gasteiger partial charge >= 0.3 is 0 Å². The summed E-state index contributed by atoms with van der Waals surface area (Å²) in [5, 5.41) is 45.4. The van der Waals surface area contributed by atoms with Crippen LogP contribution in [0.2, 0.25) is 0 Å². The molecule has 160 valence electrons. The molecule has 0 aliphatic heterocycles. The van der Waals surface area contributed by atoms with Gasteiger partial charge in [0.25, 0.3) is 0 Å². The van der Waals surface area contributed by atoms with Crippen molar-refractivity contribution in [2.24, 2.45) is 38.9 Å². The van der Waals surface area contributed by atoms with Crippen molar-refractivity contribution in [2.75, 3.05) is 6.61 Å². The number of halogens is 2. The minimum Gasteiger partial charge on any atom is -0.411 e. The second-order valence-electron chi connectivity index (χ2n) is 9.45. The number of rotatable bonds is 2. The van der Waals surface area contributed by atoms with E-state index in [1.807, 2.05) is 6.92 Å². The van der Waals surface area contributed by atoms with Crippen molar-refractivity contribution < 1.29 is 29.4 Å². The molecule has 0 amide bonds. The van der Waals surface area contributed by atoms with Gasteiger partial charge in [-0.05, 0) is 61.7 Å². The lowest BCUT2D eigenvalue weighted by Gasteiger charge is -2.62. The number of fused-ring (bicyclic) bond motifs is 5. The van der Waals surface area contributed by atoms with E-state index in [2.05, 4.69) is 10.3 Å². The Morgan fingerprint density at radius 1 is 1.24 bits per heavy atom. The third-order valence-electron chi connectivity index (χ3n) is 8.45. The van der Waals surface area contributed by atoms with Crippen LogP contribution in [0.3, 0.4) is 0 Å². The largest absolute Gasteiger partial charge is 0.411 e. The lowest BCUT2D eigenvalue weighted by atomic mass is 9.45. The van der Waals surface area contributed by atoms with Crippen LogP contribution in [0.4, 0.5) is 8.78 Å². The van der Waals surface area contributed by atoms with Crippen LogP contribution in [-0.4, -0.2) is 56.6 Å². The molecule has 4 aliphatic rings. The molecule has 4 rings (SSSR count). The Balaban J connectivity index is 1.80. The van der Waals surface area contributed by atoms with Crippen LogP contribution in [0.25, 0.3) is 0 Å². The lowest BCUT2D eigenvalue weighted by Crippen LogP contribution is -2.68. The van der Waals surface area contributed by atoms with E-state index in [1.165, 1.54) is 18.2 Å². The van der Waals surface area contributed by atoms with Crippen LogP contribution in [0.15, 0.2) is 34.1 Å². The molecule has 0 heterocycles. The zero-order valence-corrected chi connectivity index (χ0v) is 16.6. The molecule has 0 radical (unpaired) electrons. The third-order valence-corrected chi connectivity index (χ3v) is 8.45. The van der Waals surface area contributed by atoms with Crippen molar-refractivity contribution in [1.82, 2.24) is 0 Å². The Labute approximate surface area is 168 Å². The summed E-state index contributed by atoms with van der Waals surface area (Å²) in [5.41, 5.74) is -3.45. The number of alkyl halides is 2. The molecule has 0 saturated heterocycles. The monoisotopic (exact) mass is 410 g/mol. The summed E-state index contributed by atoms with van der Waals surface area (Å²) in [7, 11) is 0. The highest BCUT2D eigenvalue weighted by atomic mass is 19.1. The smallest absolute Gasteiger partial charge is 0.152 e. The van der Waals surface area contributed by atoms with Gasteiger partial charge in [0.1, 0.15) is 11.9 Å². The molecule has 0 spiro atoms. The number of allylic oxidation sites excluding steroid dienone is 4. The third kappa shape index (κ3) is 2.45. The Morgan fingerprint density at radius 2 is 1.97 bits per heavy atom. The molecule has 4 N–H and O–H groups in total. The summed E-state index contributed by atoms with van der Waals surface area (Å²) >= 11 is 0. The van der Waals surface area contributed by atoms with Crippen LogP contribution >= 0.6 is 0 Å². The van der Waals surface area contributed by atoms with E-state index in [4.69, 9.17) is 5.21 Å². The fourth-order valence-electron chi connectivity index (χ4n) is 7.03. The van der Waals surface area contributed by atoms with E-state index in [0.717, 1.165) is 0 Å². The topological polar surface area (TPSA) is 106 Å². The number of nitrogens with zero attached hydrogens (tertiary/aromatic N) is 2. The van der Waals surface area contributed by atoms with Crippen molar-refractivity contribution in [3.8, 4) is 0 Å². The molecule has 4 aliphatic carbocycles. The van der Waals surface area contributed by atoms with Crippen LogP contribution in [0.5, 0.6) is 0 Å². The quantitative estimate of drug-likeness (QED) is 0.319. The van der Waals surface area contributed by atoms with Gasteiger partial charge in [-0.25, -0.2) is 8.78 Å². The highest BCUT2D eigenvalue weighted by Gasteiger charge is 2.72. The summed E-state index contributed by atoms with van der Waals surface area (Å²) < 4.78 is 32.2. The maximum atomic E-state index is 16.9. The van der Waals surface area contributed by atoms with Crippen LogP contribution in [0, 0.1) is 28.6 Å². The van der Waals surface area contributed by atoms with E-state index < -0.39 is 41.3 Å². The molecule has 8 heteroatoms. The van der Waals surface area contributed by atoms with Crippen molar-refractivity contribution in [3.05, 3.63) is 23.8 Å². The van der Waals surface area contributed by atoms with E-state index >= 15 is 8.78 Å². The maximum Gasteiger partial charge on any atom is 0.152 e. The van der Waals surface area contributed by atoms with Gasteiger partial charge < -0.3 is 20.6 Å². The zero-order chi connectivity index (χ0) is 21.2. The molecule has 0 aromatic carbocycles. The molecule has 29 heavy (non-hydrogen) atoms. The predicted molar refractivity (Wildman–Crippen MR) is 103 cm³/mol. The first-order valence-electron chi connectivity index (χ1n) is 10.1.